The van der Waals surface area contributed by atoms with Crippen LogP contribution in [0.1, 0.15) is 58.8 Å². The Kier molecular flexibility index (Phi) is 7.29. The lowest BCUT2D eigenvalue weighted by molar-refractivity contribution is 0.00975. The highest BCUT2D eigenvalue weighted by Gasteiger charge is 2.23. The minimum Gasteiger partial charge on any atom is -0.396 e. The van der Waals surface area contributed by atoms with Gasteiger partial charge in [0.2, 0.25) is 0 Å². The van der Waals surface area contributed by atoms with Crippen LogP contribution in [0.3, 0.4) is 0 Å². The molecule has 0 aliphatic heterocycles. The van der Waals surface area contributed by atoms with Gasteiger partial charge in [-0.15, -0.1) is 0 Å². The van der Waals surface area contributed by atoms with Gasteiger partial charge in [-0.25, -0.2) is 0 Å². The maximum absolute atomic E-state index is 10.2. The molecule has 0 aliphatic rings. The minimum absolute atomic E-state index is 0.244. The Morgan fingerprint density at radius 3 is 1.85 bits per heavy atom. The molecule has 0 aromatic heterocycles. The molecule has 0 rings (SSSR count). The number of hydrogen-bond acceptors (Lipinski definition) is 2. The van der Waals surface area contributed by atoms with Crippen LogP contribution < -0.4 is 0 Å². The summed E-state index contributed by atoms with van der Waals surface area (Å²) in [6, 6.07) is 0. The molecule has 0 saturated carbocycles. The molecule has 0 aromatic carbocycles. The largest absolute Gasteiger partial charge is 0.396 e. The average Bonchev–Trinajstić information content (AvgIpc) is 2.05. The Bertz CT molecular complexity index is 107. The molecule has 13 heavy (non-hydrogen) atoms. The molecule has 0 atom stereocenters. The van der Waals surface area contributed by atoms with Crippen molar-refractivity contribution in [3.63, 3.8) is 0 Å². The van der Waals surface area contributed by atoms with Crippen molar-refractivity contribution in [2.75, 3.05) is 6.61 Å². The summed E-state index contributed by atoms with van der Waals surface area (Å²) in [6.07, 6.45) is 6.46. The Morgan fingerprint density at radius 2 is 1.46 bits per heavy atom. The normalized spacial score (nSPS) is 12.0. The van der Waals surface area contributed by atoms with Gasteiger partial charge in [-0.1, -0.05) is 26.7 Å². The first-order valence-electron chi connectivity index (χ1n) is 5.51. The SMILES string of the molecule is CCCC(O)(CCC)CCCCO. The summed E-state index contributed by atoms with van der Waals surface area (Å²) in [5.41, 5.74) is -0.460. The molecule has 2 nitrogen and oxygen atoms in total. The van der Waals surface area contributed by atoms with Crippen LogP contribution in [0.25, 0.3) is 0 Å². The van der Waals surface area contributed by atoms with Gasteiger partial charge in [0.15, 0.2) is 0 Å². The summed E-state index contributed by atoms with van der Waals surface area (Å²) in [7, 11) is 0. The van der Waals surface area contributed by atoms with Gasteiger partial charge in [0, 0.05) is 6.61 Å². The van der Waals surface area contributed by atoms with Crippen molar-refractivity contribution in [3.8, 4) is 0 Å². The standard InChI is InChI=1S/C11H24O2/c1-3-7-11(13,8-4-2)9-5-6-10-12/h12-13H,3-10H2,1-2H3. The second-order valence-electron chi connectivity index (χ2n) is 3.91. The van der Waals surface area contributed by atoms with Crippen molar-refractivity contribution in [2.24, 2.45) is 0 Å². The number of aliphatic hydroxyl groups is 2. The van der Waals surface area contributed by atoms with Gasteiger partial charge < -0.3 is 10.2 Å². The van der Waals surface area contributed by atoms with E-state index in [2.05, 4.69) is 13.8 Å². The van der Waals surface area contributed by atoms with Crippen LogP contribution in [0.4, 0.5) is 0 Å². The van der Waals surface area contributed by atoms with Crippen molar-refractivity contribution in [1.82, 2.24) is 0 Å². The molecule has 0 spiro atoms. The van der Waals surface area contributed by atoms with E-state index in [-0.39, 0.29) is 6.61 Å². The van der Waals surface area contributed by atoms with Crippen LogP contribution >= 0.6 is 0 Å². The maximum Gasteiger partial charge on any atom is 0.0647 e. The first-order chi connectivity index (χ1) is 6.18. The van der Waals surface area contributed by atoms with E-state index >= 15 is 0 Å². The summed E-state index contributed by atoms with van der Waals surface area (Å²) in [4.78, 5) is 0. The molecule has 0 saturated heterocycles. The van der Waals surface area contributed by atoms with Crippen molar-refractivity contribution in [3.05, 3.63) is 0 Å². The van der Waals surface area contributed by atoms with Crippen LogP contribution in [0.5, 0.6) is 0 Å². The third-order valence-electron chi connectivity index (χ3n) is 2.48. The lowest BCUT2D eigenvalue weighted by atomic mass is 9.87. The Morgan fingerprint density at radius 1 is 0.923 bits per heavy atom. The van der Waals surface area contributed by atoms with Gasteiger partial charge in [-0.2, -0.15) is 0 Å². The Labute approximate surface area is 82.0 Å². The fourth-order valence-corrected chi connectivity index (χ4v) is 1.87. The molecule has 0 aliphatic carbocycles. The van der Waals surface area contributed by atoms with Crippen LogP contribution in [-0.4, -0.2) is 22.4 Å². The van der Waals surface area contributed by atoms with Crippen molar-refractivity contribution in [2.45, 2.75) is 64.4 Å². The molecule has 0 radical (unpaired) electrons. The van der Waals surface area contributed by atoms with Crippen molar-refractivity contribution in [1.29, 1.82) is 0 Å². The second kappa shape index (κ2) is 7.34. The number of hydrogen-bond donors (Lipinski definition) is 2. The molecular formula is C11H24O2. The van der Waals surface area contributed by atoms with Crippen LogP contribution in [0.2, 0.25) is 0 Å². The molecule has 80 valence electrons. The van der Waals surface area contributed by atoms with E-state index in [1.54, 1.807) is 0 Å². The van der Waals surface area contributed by atoms with Gasteiger partial charge in [0.25, 0.3) is 0 Å². The predicted octanol–water partition coefficient (Wildman–Crippen LogP) is 2.48. The van der Waals surface area contributed by atoms with Crippen molar-refractivity contribution >= 4 is 0 Å². The molecule has 0 unspecified atom stereocenters. The van der Waals surface area contributed by atoms with Gasteiger partial charge in [0.1, 0.15) is 0 Å². The van der Waals surface area contributed by atoms with Crippen molar-refractivity contribution < 1.29 is 10.2 Å². The van der Waals surface area contributed by atoms with Gasteiger partial charge in [0.05, 0.1) is 5.60 Å². The first kappa shape index (κ1) is 12.9. The zero-order valence-electron chi connectivity index (χ0n) is 9.05. The molecule has 2 N–H and O–H groups in total. The zero-order valence-corrected chi connectivity index (χ0v) is 9.05. The van der Waals surface area contributed by atoms with Gasteiger partial charge >= 0.3 is 0 Å². The number of aliphatic hydroxyl groups excluding tert-OH is 1. The van der Waals surface area contributed by atoms with Crippen LogP contribution in [0.15, 0.2) is 0 Å². The fraction of sp³-hybridized carbons (Fsp3) is 1.00. The lowest BCUT2D eigenvalue weighted by Gasteiger charge is -2.27. The highest BCUT2D eigenvalue weighted by Crippen LogP contribution is 2.25. The third kappa shape index (κ3) is 6.05. The maximum atomic E-state index is 10.2. The molecule has 0 amide bonds. The topological polar surface area (TPSA) is 40.5 Å². The minimum atomic E-state index is -0.460. The summed E-state index contributed by atoms with van der Waals surface area (Å²) in [5, 5.41) is 18.8. The first-order valence-corrected chi connectivity index (χ1v) is 5.51. The summed E-state index contributed by atoms with van der Waals surface area (Å²) >= 11 is 0. The predicted molar refractivity (Wildman–Crippen MR) is 55.7 cm³/mol. The number of rotatable bonds is 8. The van der Waals surface area contributed by atoms with Gasteiger partial charge in [-0.3, -0.25) is 0 Å². The quantitative estimate of drug-likeness (QED) is 0.574. The molecule has 0 aromatic rings. The lowest BCUT2D eigenvalue weighted by Crippen LogP contribution is -2.28. The summed E-state index contributed by atoms with van der Waals surface area (Å²) < 4.78 is 0. The van der Waals surface area contributed by atoms with E-state index in [0.717, 1.165) is 44.9 Å². The van der Waals surface area contributed by atoms with E-state index in [4.69, 9.17) is 5.11 Å². The van der Waals surface area contributed by atoms with Crippen LogP contribution in [0, 0.1) is 0 Å². The fourth-order valence-electron chi connectivity index (χ4n) is 1.87. The van der Waals surface area contributed by atoms with E-state index in [1.165, 1.54) is 0 Å². The van der Waals surface area contributed by atoms with E-state index in [1.807, 2.05) is 0 Å². The highest BCUT2D eigenvalue weighted by molar-refractivity contribution is 4.77. The Balaban J connectivity index is 3.76. The van der Waals surface area contributed by atoms with E-state index in [9.17, 15) is 5.11 Å². The monoisotopic (exact) mass is 188 g/mol. The molecule has 0 bridgehead atoms. The molecule has 2 heteroatoms. The second-order valence-corrected chi connectivity index (χ2v) is 3.91. The highest BCUT2D eigenvalue weighted by atomic mass is 16.3. The third-order valence-corrected chi connectivity index (χ3v) is 2.48. The number of unbranched alkanes of at least 4 members (excludes halogenated alkanes) is 1. The smallest absolute Gasteiger partial charge is 0.0647 e. The van der Waals surface area contributed by atoms with Crippen LogP contribution in [-0.2, 0) is 0 Å². The molecular weight excluding hydrogens is 164 g/mol. The van der Waals surface area contributed by atoms with Gasteiger partial charge in [-0.05, 0) is 32.1 Å². The Hall–Kier alpha value is -0.0800. The van der Waals surface area contributed by atoms with E-state index < -0.39 is 5.60 Å². The zero-order chi connectivity index (χ0) is 10.2. The summed E-state index contributed by atoms with van der Waals surface area (Å²) in [5.74, 6) is 0. The average molecular weight is 188 g/mol. The summed E-state index contributed by atoms with van der Waals surface area (Å²) in [6.45, 7) is 4.45. The van der Waals surface area contributed by atoms with E-state index in [0.29, 0.717) is 0 Å². The molecule has 0 fully saturated rings. The molecule has 0 heterocycles.